The van der Waals surface area contributed by atoms with Crippen LogP contribution in [0.1, 0.15) is 23.0 Å². The van der Waals surface area contributed by atoms with Crippen LogP contribution < -0.4 is 0 Å². The third kappa shape index (κ3) is 4.14. The number of hydrogen-bond donors (Lipinski definition) is 1. The first kappa shape index (κ1) is 21.7. The number of thioether (sulfide) groups is 1. The molecular weight excluding hydrogens is 456 g/mol. The van der Waals surface area contributed by atoms with Crippen LogP contribution >= 0.6 is 11.8 Å². The number of sulfone groups is 1. The van der Waals surface area contributed by atoms with Gasteiger partial charge in [0.1, 0.15) is 11.5 Å². The highest BCUT2D eigenvalue weighted by Crippen LogP contribution is 2.31. The second-order valence-corrected chi connectivity index (χ2v) is 9.81. The Hall–Kier alpha value is -3.51. The van der Waals surface area contributed by atoms with Gasteiger partial charge in [0, 0.05) is 11.8 Å². The number of benzene rings is 1. The summed E-state index contributed by atoms with van der Waals surface area (Å²) < 4.78 is 34.0. The Morgan fingerprint density at radius 3 is 2.81 bits per heavy atom. The summed E-state index contributed by atoms with van der Waals surface area (Å²) >= 11 is 0.714. The number of fused-ring (bicyclic) bond motifs is 1. The molecule has 1 aromatic heterocycles. The van der Waals surface area contributed by atoms with E-state index in [9.17, 15) is 18.0 Å². The monoisotopic (exact) mass is 472 g/mol. The number of carbonyl (C=O) groups excluding carboxylic acids is 2. The van der Waals surface area contributed by atoms with E-state index in [2.05, 4.69) is 10.1 Å². The minimum Gasteiger partial charge on any atom is -0.462 e. The second kappa shape index (κ2) is 8.20. The molecule has 12 heteroatoms. The topological polar surface area (TPSA) is 142 Å². The minimum atomic E-state index is -3.61. The fourth-order valence-electron chi connectivity index (χ4n) is 2.87. The first-order valence-corrected chi connectivity index (χ1v) is 12.0. The number of nitrogens with one attached hydrogen (secondary N) is 1. The molecule has 0 bridgehead atoms. The Bertz CT molecular complexity index is 1350. The summed E-state index contributed by atoms with van der Waals surface area (Å²) in [7, 11) is -3.61. The van der Waals surface area contributed by atoms with E-state index < -0.39 is 21.7 Å². The number of hydrogen-bond acceptors (Lipinski definition) is 9. The largest absolute Gasteiger partial charge is 0.462 e. The van der Waals surface area contributed by atoms with E-state index in [1.54, 1.807) is 43.3 Å². The lowest BCUT2D eigenvalue weighted by Gasteiger charge is -2.19. The molecule has 164 valence electrons. The van der Waals surface area contributed by atoms with Gasteiger partial charge in [-0.2, -0.15) is 10.0 Å². The first-order valence-electron chi connectivity index (χ1n) is 9.25. The van der Waals surface area contributed by atoms with Gasteiger partial charge < -0.3 is 9.15 Å². The van der Waals surface area contributed by atoms with Crippen molar-refractivity contribution in [2.75, 3.05) is 12.9 Å². The molecule has 0 saturated carbocycles. The quantitative estimate of drug-likeness (QED) is 0.529. The summed E-state index contributed by atoms with van der Waals surface area (Å²) in [6.45, 7) is 1.98. The molecule has 2 aliphatic rings. The molecule has 1 N–H and O–H groups in total. The van der Waals surface area contributed by atoms with Crippen LogP contribution in [0.4, 0.5) is 0 Å². The van der Waals surface area contributed by atoms with Gasteiger partial charge in [-0.05, 0) is 49.0 Å². The number of nitrogens with zero attached hydrogens (tertiary/aromatic N) is 3. The number of aliphatic imine (C=N–C) groups is 1. The summed E-state index contributed by atoms with van der Waals surface area (Å²) in [5.41, 5.74) is 0.899. The number of rotatable bonds is 4. The van der Waals surface area contributed by atoms with Gasteiger partial charge in [-0.3, -0.25) is 10.2 Å². The van der Waals surface area contributed by atoms with E-state index >= 15 is 0 Å². The van der Waals surface area contributed by atoms with Gasteiger partial charge >= 0.3 is 5.97 Å². The lowest BCUT2D eigenvalue weighted by atomic mass is 10.1. The van der Waals surface area contributed by atoms with Crippen molar-refractivity contribution < 1.29 is 27.2 Å². The molecule has 0 atom stereocenters. The van der Waals surface area contributed by atoms with Gasteiger partial charge in [0.2, 0.25) is 19.4 Å². The zero-order chi connectivity index (χ0) is 23.0. The fraction of sp³-hybridized carbons (Fsp3) is 0.150. The molecule has 0 radical (unpaired) electrons. The van der Waals surface area contributed by atoms with Crippen molar-refractivity contribution >= 4 is 54.9 Å². The van der Waals surface area contributed by atoms with E-state index in [0.29, 0.717) is 28.6 Å². The van der Waals surface area contributed by atoms with Gasteiger partial charge in [0.15, 0.2) is 5.84 Å². The molecule has 0 fully saturated rings. The Kier molecular flexibility index (Phi) is 5.57. The molecule has 1 amide bonds. The number of amidine groups is 2. The van der Waals surface area contributed by atoms with Gasteiger partial charge in [0.05, 0.1) is 17.7 Å². The molecular formula is C20H16N4O6S2. The smallest absolute Gasteiger partial charge is 0.338 e. The van der Waals surface area contributed by atoms with E-state index in [-0.39, 0.29) is 33.3 Å². The Morgan fingerprint density at radius 1 is 1.31 bits per heavy atom. The normalized spacial score (nSPS) is 17.3. The molecule has 0 spiro atoms. The van der Waals surface area contributed by atoms with Crippen LogP contribution in [0.2, 0.25) is 0 Å². The fourth-order valence-corrected chi connectivity index (χ4v) is 4.55. The van der Waals surface area contributed by atoms with Crippen molar-refractivity contribution in [2.24, 2.45) is 10.1 Å². The molecule has 1 aromatic carbocycles. The van der Waals surface area contributed by atoms with E-state index in [1.165, 1.54) is 6.08 Å². The zero-order valence-electron chi connectivity index (χ0n) is 16.9. The van der Waals surface area contributed by atoms with Crippen molar-refractivity contribution in [2.45, 2.75) is 6.92 Å². The SMILES string of the molecule is CCOC(=O)c1cccc(-c2ccc(/C=C3/C(=N)N4N=C(S(C)(=O)=O)SC4=NC3=O)o2)c1. The molecule has 4 rings (SSSR count). The van der Waals surface area contributed by atoms with Crippen molar-refractivity contribution in [1.29, 1.82) is 5.41 Å². The number of amides is 1. The van der Waals surface area contributed by atoms with Crippen LogP contribution in [0.15, 0.2) is 56.5 Å². The molecule has 0 unspecified atom stereocenters. The first-order chi connectivity index (χ1) is 15.2. The van der Waals surface area contributed by atoms with E-state index in [1.807, 2.05) is 0 Å². The lowest BCUT2D eigenvalue weighted by molar-refractivity contribution is -0.114. The third-order valence-corrected chi connectivity index (χ3v) is 6.90. The van der Waals surface area contributed by atoms with Crippen LogP contribution in [-0.2, 0) is 19.4 Å². The van der Waals surface area contributed by atoms with Crippen molar-refractivity contribution in [3.05, 3.63) is 53.3 Å². The van der Waals surface area contributed by atoms with Crippen LogP contribution in [0, 0.1) is 5.41 Å². The summed E-state index contributed by atoms with van der Waals surface area (Å²) in [5, 5.41) is 13.2. The Morgan fingerprint density at radius 2 is 2.09 bits per heavy atom. The third-order valence-electron chi connectivity index (χ3n) is 4.32. The average Bonchev–Trinajstić information content (AvgIpc) is 3.38. The standard InChI is InChI=1S/C20H16N4O6S2/c1-3-29-18(26)12-6-4-5-11(9-12)15-8-7-13(30-15)10-14-16(21)24-19(22-17(14)25)31-20(23-24)32(2,27)28/h4-10,21H,3H2,1-2H3/b14-10-,21-16?. The van der Waals surface area contributed by atoms with Crippen molar-refractivity contribution in [3.63, 3.8) is 0 Å². The number of ether oxygens (including phenoxy) is 1. The van der Waals surface area contributed by atoms with Crippen LogP contribution in [0.5, 0.6) is 0 Å². The highest BCUT2D eigenvalue weighted by atomic mass is 32.3. The summed E-state index contributed by atoms with van der Waals surface area (Å²) in [6.07, 6.45) is 2.32. The number of carbonyl (C=O) groups is 2. The predicted molar refractivity (Wildman–Crippen MR) is 120 cm³/mol. The molecule has 32 heavy (non-hydrogen) atoms. The maximum absolute atomic E-state index is 12.4. The zero-order valence-corrected chi connectivity index (χ0v) is 18.5. The highest BCUT2D eigenvalue weighted by Gasteiger charge is 2.38. The molecule has 2 aliphatic heterocycles. The molecule has 0 saturated heterocycles. The van der Waals surface area contributed by atoms with Crippen LogP contribution in [-0.4, -0.2) is 53.5 Å². The summed E-state index contributed by atoms with van der Waals surface area (Å²) in [5.74, 6) is -0.756. The maximum atomic E-state index is 12.4. The van der Waals surface area contributed by atoms with Crippen molar-refractivity contribution in [1.82, 2.24) is 5.01 Å². The number of hydrazone groups is 1. The average molecular weight is 473 g/mol. The predicted octanol–water partition coefficient (Wildman–Crippen LogP) is 2.74. The molecule has 3 heterocycles. The minimum absolute atomic E-state index is 0.00786. The van der Waals surface area contributed by atoms with Crippen LogP contribution in [0.25, 0.3) is 17.4 Å². The van der Waals surface area contributed by atoms with Crippen molar-refractivity contribution in [3.8, 4) is 11.3 Å². The summed E-state index contributed by atoms with van der Waals surface area (Å²) in [4.78, 5) is 28.2. The molecule has 0 aliphatic carbocycles. The second-order valence-electron chi connectivity index (χ2n) is 6.66. The number of furan rings is 1. The Labute approximate surface area is 187 Å². The van der Waals surface area contributed by atoms with Gasteiger partial charge in [-0.25, -0.2) is 13.2 Å². The van der Waals surface area contributed by atoms with Gasteiger partial charge in [0.25, 0.3) is 5.91 Å². The highest BCUT2D eigenvalue weighted by molar-refractivity contribution is 8.42. The van der Waals surface area contributed by atoms with E-state index in [4.69, 9.17) is 14.6 Å². The van der Waals surface area contributed by atoms with Crippen LogP contribution in [0.3, 0.4) is 0 Å². The Balaban J connectivity index is 1.62. The maximum Gasteiger partial charge on any atom is 0.338 e. The molecule has 10 nitrogen and oxygen atoms in total. The molecule has 2 aromatic rings. The number of esters is 1. The van der Waals surface area contributed by atoms with Gasteiger partial charge in [-0.1, -0.05) is 12.1 Å². The van der Waals surface area contributed by atoms with E-state index in [0.717, 1.165) is 11.3 Å². The van der Waals surface area contributed by atoms with Gasteiger partial charge in [-0.15, -0.1) is 5.10 Å². The summed E-state index contributed by atoms with van der Waals surface area (Å²) in [6, 6.07) is 9.97. The lowest BCUT2D eigenvalue weighted by Crippen LogP contribution is -2.35.